The third-order valence-corrected chi connectivity index (χ3v) is 6.15. The van der Waals surface area contributed by atoms with E-state index in [1.54, 1.807) is 18.2 Å². The van der Waals surface area contributed by atoms with E-state index in [1.807, 2.05) is 68.4 Å². The Hall–Kier alpha value is -2.83. The van der Waals surface area contributed by atoms with E-state index in [2.05, 4.69) is 6.58 Å². The smallest absolute Gasteiger partial charge is 0.288 e. The van der Waals surface area contributed by atoms with E-state index in [-0.39, 0.29) is 5.78 Å². The summed E-state index contributed by atoms with van der Waals surface area (Å²) in [6.07, 6.45) is 1.69. The number of carbonyl (C=O) groups excluding carboxylic acids is 1. The molecule has 0 N–H and O–H groups in total. The minimum atomic E-state index is -1.85. The van der Waals surface area contributed by atoms with Gasteiger partial charge in [0.05, 0.1) is 5.56 Å². The van der Waals surface area contributed by atoms with E-state index in [0.717, 1.165) is 16.7 Å². The van der Waals surface area contributed by atoms with Crippen LogP contribution in [0.2, 0.25) is 0 Å². The zero-order valence-corrected chi connectivity index (χ0v) is 15.8. The maximum Gasteiger partial charge on any atom is 0.416 e. The van der Waals surface area contributed by atoms with E-state index in [4.69, 9.17) is 0 Å². The summed E-state index contributed by atoms with van der Waals surface area (Å²) in [4.78, 5) is 13.3. The average Bonchev–Trinajstić information content (AvgIpc) is 2.69. The van der Waals surface area contributed by atoms with Gasteiger partial charge in [0.15, 0.2) is 11.1 Å². The summed E-state index contributed by atoms with van der Waals surface area (Å²) in [7, 11) is -1.85. The first-order valence-electron chi connectivity index (χ1n) is 8.42. The van der Waals surface area contributed by atoms with Crippen molar-refractivity contribution in [3.05, 3.63) is 101 Å². The molecule has 0 aromatic heterocycles. The van der Waals surface area contributed by atoms with Crippen LogP contribution in [0.5, 0.6) is 0 Å². The summed E-state index contributed by atoms with van der Waals surface area (Å²) >= 11 is 0. The number of hydrogen-bond acceptors (Lipinski definition) is 2. The topological polar surface area (TPSA) is 34.1 Å². The van der Waals surface area contributed by atoms with Crippen LogP contribution in [0.1, 0.15) is 32.6 Å². The van der Waals surface area contributed by atoms with Crippen LogP contribution in [0.3, 0.4) is 0 Å². The van der Waals surface area contributed by atoms with Crippen LogP contribution < -0.4 is 10.6 Å². The van der Waals surface area contributed by atoms with E-state index in [1.165, 1.54) is 0 Å². The Bertz CT molecular complexity index is 1000. The third kappa shape index (κ3) is 3.42. The summed E-state index contributed by atoms with van der Waals surface area (Å²) in [5.41, 5.74) is 3.95. The molecule has 128 valence electrons. The van der Waals surface area contributed by atoms with Crippen molar-refractivity contribution in [1.82, 2.24) is 0 Å². The molecule has 3 heteroatoms. The van der Waals surface area contributed by atoms with Crippen molar-refractivity contribution in [2.45, 2.75) is 13.8 Å². The molecule has 1 atom stereocenters. The maximum atomic E-state index is 13.3. The van der Waals surface area contributed by atoms with Crippen LogP contribution in [0.25, 0.3) is 6.08 Å². The lowest BCUT2D eigenvalue weighted by atomic mass is 9.95. The maximum absolute atomic E-state index is 13.3. The minimum Gasteiger partial charge on any atom is -0.288 e. The van der Waals surface area contributed by atoms with E-state index >= 15 is 0 Å². The Morgan fingerprint density at radius 1 is 0.923 bits per heavy atom. The van der Waals surface area contributed by atoms with Gasteiger partial charge in [-0.3, -0.25) is 4.79 Å². The Kier molecular flexibility index (Phi) is 5.25. The first-order chi connectivity index (χ1) is 12.5. The monoisotopic (exact) mass is 359 g/mol. The van der Waals surface area contributed by atoms with Gasteiger partial charge >= 0.3 is 7.80 Å². The fourth-order valence-electron chi connectivity index (χ4n) is 2.88. The van der Waals surface area contributed by atoms with Crippen molar-refractivity contribution in [2.24, 2.45) is 0 Å². The van der Waals surface area contributed by atoms with Crippen molar-refractivity contribution < 1.29 is 9.36 Å². The summed E-state index contributed by atoms with van der Waals surface area (Å²) in [5, 5.41) is 1.27. The zero-order chi connectivity index (χ0) is 18.7. The quantitative estimate of drug-likeness (QED) is 0.477. The molecule has 0 aliphatic rings. The molecule has 0 aliphatic heterocycles. The predicted molar refractivity (Wildman–Crippen MR) is 109 cm³/mol. The molecule has 0 fully saturated rings. The Labute approximate surface area is 155 Å². The lowest BCUT2D eigenvalue weighted by molar-refractivity contribution is 0.103. The number of hydrogen-bond donors (Lipinski definition) is 0. The summed E-state index contributed by atoms with van der Waals surface area (Å²) < 4.78 is 13.1. The van der Waals surface area contributed by atoms with Crippen molar-refractivity contribution in [1.29, 1.82) is 0 Å². The molecule has 0 amide bonds. The molecule has 3 rings (SSSR count). The molecule has 2 nitrogen and oxygen atoms in total. The van der Waals surface area contributed by atoms with Crippen molar-refractivity contribution in [3.8, 4) is 0 Å². The highest BCUT2D eigenvalue weighted by Gasteiger charge is 2.30. The highest BCUT2D eigenvalue weighted by molar-refractivity contribution is 7.61. The van der Waals surface area contributed by atoms with Gasteiger partial charge in [0.1, 0.15) is 0 Å². The van der Waals surface area contributed by atoms with Crippen LogP contribution in [-0.2, 0) is 4.57 Å². The van der Waals surface area contributed by atoms with Gasteiger partial charge in [-0.1, -0.05) is 59.7 Å². The van der Waals surface area contributed by atoms with Crippen molar-refractivity contribution in [2.75, 3.05) is 0 Å². The van der Waals surface area contributed by atoms with Gasteiger partial charge in [-0.05, 0) is 54.8 Å². The van der Waals surface area contributed by atoms with Gasteiger partial charge in [0, 0.05) is 5.56 Å². The molecule has 26 heavy (non-hydrogen) atoms. The molecular formula is C23H20O2P+. The van der Waals surface area contributed by atoms with Crippen LogP contribution in [0.4, 0.5) is 0 Å². The number of carbonyl (C=O) groups is 1. The second-order valence-electron chi connectivity index (χ2n) is 6.19. The molecule has 0 saturated heterocycles. The fourth-order valence-corrected chi connectivity index (χ4v) is 4.20. The van der Waals surface area contributed by atoms with Crippen LogP contribution in [0.15, 0.2) is 73.3 Å². The van der Waals surface area contributed by atoms with Crippen molar-refractivity contribution >= 4 is 30.3 Å². The highest BCUT2D eigenvalue weighted by Crippen LogP contribution is 2.25. The van der Waals surface area contributed by atoms with E-state index in [0.29, 0.717) is 21.7 Å². The number of benzene rings is 3. The first-order valence-corrected chi connectivity index (χ1v) is 9.68. The second-order valence-corrected chi connectivity index (χ2v) is 7.77. The number of ketones is 1. The van der Waals surface area contributed by atoms with Gasteiger partial charge in [-0.25, -0.2) is 0 Å². The zero-order valence-electron chi connectivity index (χ0n) is 14.9. The van der Waals surface area contributed by atoms with E-state index < -0.39 is 7.80 Å². The minimum absolute atomic E-state index is 0.107. The number of aryl methyl sites for hydroxylation is 1. The fraction of sp³-hybridized carbons (Fsp3) is 0.0870. The molecule has 3 aromatic rings. The van der Waals surface area contributed by atoms with Gasteiger partial charge in [-0.15, -0.1) is 0 Å². The lowest BCUT2D eigenvalue weighted by Gasteiger charge is -2.09. The molecular weight excluding hydrogens is 339 g/mol. The van der Waals surface area contributed by atoms with Crippen LogP contribution >= 0.6 is 7.80 Å². The Balaban J connectivity index is 2.16. The predicted octanol–water partition coefficient (Wildman–Crippen LogP) is 4.96. The molecule has 0 saturated carbocycles. The largest absolute Gasteiger partial charge is 0.416 e. The van der Waals surface area contributed by atoms with Gasteiger partial charge in [-0.2, -0.15) is 0 Å². The summed E-state index contributed by atoms with van der Waals surface area (Å²) in [6.45, 7) is 7.71. The number of rotatable bonds is 5. The van der Waals surface area contributed by atoms with E-state index in [9.17, 15) is 9.36 Å². The molecule has 0 aliphatic carbocycles. The molecule has 0 bridgehead atoms. The Morgan fingerprint density at radius 3 is 2.35 bits per heavy atom. The average molecular weight is 359 g/mol. The van der Waals surface area contributed by atoms with Gasteiger partial charge < -0.3 is 0 Å². The highest BCUT2D eigenvalue weighted by atomic mass is 31.1. The molecule has 3 aromatic carbocycles. The third-order valence-electron chi connectivity index (χ3n) is 4.56. The summed E-state index contributed by atoms with van der Waals surface area (Å²) in [6, 6.07) is 20.3. The lowest BCUT2D eigenvalue weighted by Crippen LogP contribution is -2.18. The molecule has 0 heterocycles. The summed E-state index contributed by atoms with van der Waals surface area (Å²) in [5.74, 6) is -0.107. The second kappa shape index (κ2) is 7.59. The molecule has 1 unspecified atom stereocenters. The molecule has 0 spiro atoms. The van der Waals surface area contributed by atoms with Crippen molar-refractivity contribution in [3.63, 3.8) is 0 Å². The SMILES string of the molecule is C=Cc1ccc([P+](=O)c2ccccc2)c(C(=O)c2cccc(C)c2C)c1. The normalized spacial score (nSPS) is 11.1. The molecule has 0 radical (unpaired) electrons. The standard InChI is InChI=1S/C23H20O2P/c1-4-18-13-14-22(26(25)19-10-6-5-7-11-19)21(15-18)23(24)20-12-8-9-16(2)17(20)3/h4-15H,1H2,2-3H3/q+1. The first kappa shape index (κ1) is 18.0. The Morgan fingerprint density at radius 2 is 1.65 bits per heavy atom. The van der Waals surface area contributed by atoms with Crippen LogP contribution in [0, 0.1) is 13.8 Å². The van der Waals surface area contributed by atoms with Gasteiger partial charge in [0.25, 0.3) is 0 Å². The van der Waals surface area contributed by atoms with Gasteiger partial charge in [0.2, 0.25) is 5.30 Å². The van der Waals surface area contributed by atoms with Crippen LogP contribution in [-0.4, -0.2) is 5.78 Å².